The molecule has 7 nitrogen and oxygen atoms in total. The number of esters is 2. The van der Waals surface area contributed by atoms with Crippen LogP contribution in [0, 0.1) is 12.7 Å². The first-order valence-electron chi connectivity index (χ1n) is 9.85. The molecule has 0 aliphatic carbocycles. The fourth-order valence-corrected chi connectivity index (χ4v) is 3.80. The van der Waals surface area contributed by atoms with Gasteiger partial charge in [0.25, 0.3) is 0 Å². The second-order valence-corrected chi connectivity index (χ2v) is 8.73. The lowest BCUT2D eigenvalue weighted by Gasteiger charge is -2.19. The Balaban J connectivity index is 2.16. The highest BCUT2D eigenvalue weighted by molar-refractivity contribution is 7.18. The van der Waals surface area contributed by atoms with Crippen LogP contribution in [0.3, 0.4) is 0 Å². The van der Waals surface area contributed by atoms with E-state index in [0.717, 1.165) is 11.3 Å². The van der Waals surface area contributed by atoms with Crippen LogP contribution in [0.2, 0.25) is 0 Å². The molecule has 0 fully saturated rings. The Labute approximate surface area is 184 Å². The van der Waals surface area contributed by atoms with Crippen molar-refractivity contribution in [2.75, 3.05) is 18.5 Å². The zero-order chi connectivity index (χ0) is 23.2. The van der Waals surface area contributed by atoms with Crippen LogP contribution in [-0.2, 0) is 15.9 Å². The van der Waals surface area contributed by atoms with E-state index >= 15 is 0 Å². The van der Waals surface area contributed by atoms with E-state index in [9.17, 15) is 18.8 Å². The topological polar surface area (TPSA) is 93.7 Å². The summed E-state index contributed by atoms with van der Waals surface area (Å²) >= 11 is 0.942. The Morgan fingerprint density at radius 3 is 2.42 bits per heavy atom. The molecule has 0 saturated heterocycles. The minimum Gasteiger partial charge on any atom is -0.462 e. The van der Waals surface area contributed by atoms with E-state index in [1.54, 1.807) is 52.8 Å². The van der Waals surface area contributed by atoms with Crippen molar-refractivity contribution in [1.29, 1.82) is 0 Å². The molecule has 2 rings (SSSR count). The summed E-state index contributed by atoms with van der Waals surface area (Å²) in [5.41, 5.74) is 0.250. The van der Waals surface area contributed by atoms with Crippen LogP contribution in [0.25, 0.3) is 0 Å². The zero-order valence-electron chi connectivity index (χ0n) is 18.3. The van der Waals surface area contributed by atoms with Gasteiger partial charge in [-0.15, -0.1) is 11.3 Å². The molecule has 0 unspecified atom stereocenters. The van der Waals surface area contributed by atoms with E-state index in [4.69, 9.17) is 9.47 Å². The smallest absolute Gasteiger partial charge is 0.349 e. The number of benzene rings is 1. The van der Waals surface area contributed by atoms with Gasteiger partial charge in [-0.1, -0.05) is 18.2 Å². The van der Waals surface area contributed by atoms with E-state index in [2.05, 4.69) is 10.6 Å². The first kappa shape index (κ1) is 24.3. The lowest BCUT2D eigenvalue weighted by Crippen LogP contribution is -2.30. The van der Waals surface area contributed by atoms with Crippen LogP contribution < -0.4 is 10.6 Å². The number of nitrogens with one attached hydrogen (secondary N) is 2. The van der Waals surface area contributed by atoms with Crippen molar-refractivity contribution in [2.45, 2.75) is 46.6 Å². The molecule has 0 atom stereocenters. The molecule has 1 aromatic carbocycles. The van der Waals surface area contributed by atoms with Crippen molar-refractivity contribution < 1.29 is 28.2 Å². The summed E-state index contributed by atoms with van der Waals surface area (Å²) < 4.78 is 24.2. The molecule has 168 valence electrons. The van der Waals surface area contributed by atoms with Gasteiger partial charge in [-0.25, -0.2) is 18.8 Å². The number of thiophene rings is 1. The number of carbonyl (C=O) groups excluding carboxylic acids is 3. The van der Waals surface area contributed by atoms with Gasteiger partial charge in [-0.2, -0.15) is 0 Å². The third-order valence-corrected chi connectivity index (χ3v) is 5.26. The quantitative estimate of drug-likeness (QED) is 0.597. The summed E-state index contributed by atoms with van der Waals surface area (Å²) in [6.45, 7) is 8.81. The van der Waals surface area contributed by atoms with Crippen molar-refractivity contribution in [2.24, 2.45) is 0 Å². The number of amides is 2. The third-order valence-electron chi connectivity index (χ3n) is 4.08. The molecule has 0 aliphatic rings. The van der Waals surface area contributed by atoms with Gasteiger partial charge >= 0.3 is 18.0 Å². The Morgan fingerprint density at radius 2 is 1.81 bits per heavy atom. The highest BCUT2D eigenvalue weighted by Gasteiger charge is 2.29. The Morgan fingerprint density at radius 1 is 1.13 bits per heavy atom. The van der Waals surface area contributed by atoms with Crippen molar-refractivity contribution in [3.63, 3.8) is 0 Å². The summed E-state index contributed by atoms with van der Waals surface area (Å²) in [6.07, 6.45) is 0.303. The Kier molecular flexibility index (Phi) is 8.15. The molecule has 0 aliphatic heterocycles. The Hall–Kier alpha value is -2.94. The highest BCUT2D eigenvalue weighted by Crippen LogP contribution is 2.35. The first-order valence-corrected chi connectivity index (χ1v) is 10.7. The maximum Gasteiger partial charge on any atom is 0.349 e. The van der Waals surface area contributed by atoms with Gasteiger partial charge < -0.3 is 14.8 Å². The minimum atomic E-state index is -0.713. The van der Waals surface area contributed by atoms with Crippen molar-refractivity contribution in [3.05, 3.63) is 51.7 Å². The monoisotopic (exact) mass is 450 g/mol. The van der Waals surface area contributed by atoms with Gasteiger partial charge in [-0.05, 0) is 58.2 Å². The number of hydrogen-bond donors (Lipinski definition) is 2. The van der Waals surface area contributed by atoms with Gasteiger partial charge in [0.15, 0.2) is 0 Å². The fraction of sp³-hybridized carbons (Fsp3) is 0.409. The number of anilines is 1. The molecule has 1 aromatic heterocycles. The molecule has 0 spiro atoms. The van der Waals surface area contributed by atoms with E-state index < -0.39 is 23.6 Å². The lowest BCUT2D eigenvalue weighted by atomic mass is 10.1. The van der Waals surface area contributed by atoms with E-state index in [0.29, 0.717) is 17.5 Å². The molecule has 0 bridgehead atoms. The van der Waals surface area contributed by atoms with Crippen molar-refractivity contribution >= 4 is 34.3 Å². The van der Waals surface area contributed by atoms with Gasteiger partial charge in [0.2, 0.25) is 0 Å². The van der Waals surface area contributed by atoms with Crippen molar-refractivity contribution in [1.82, 2.24) is 5.32 Å². The van der Waals surface area contributed by atoms with Crippen LogP contribution in [0.5, 0.6) is 0 Å². The molecule has 31 heavy (non-hydrogen) atoms. The average molecular weight is 451 g/mol. The lowest BCUT2D eigenvalue weighted by molar-refractivity contribution is 0.00744. The molecule has 1 heterocycles. The Bertz CT molecular complexity index is 965. The summed E-state index contributed by atoms with van der Waals surface area (Å²) in [5.74, 6) is -1.58. The molecule has 9 heteroatoms. The highest BCUT2D eigenvalue weighted by atomic mass is 32.1. The maximum atomic E-state index is 13.7. The predicted molar refractivity (Wildman–Crippen MR) is 117 cm³/mol. The number of ether oxygens (including phenoxy) is 2. The minimum absolute atomic E-state index is 0.108. The van der Waals surface area contributed by atoms with Crippen LogP contribution in [0.15, 0.2) is 24.3 Å². The number of halogens is 1. The molecular formula is C22H27FN2O5S. The maximum absolute atomic E-state index is 13.7. The number of urea groups is 1. The molecular weight excluding hydrogens is 423 g/mol. The molecule has 0 radical (unpaired) electrons. The number of hydrogen-bond acceptors (Lipinski definition) is 6. The third kappa shape index (κ3) is 6.78. The van der Waals surface area contributed by atoms with E-state index in [1.165, 1.54) is 6.07 Å². The predicted octanol–water partition coefficient (Wildman–Crippen LogP) is 4.69. The van der Waals surface area contributed by atoms with Gasteiger partial charge in [-0.3, -0.25) is 5.32 Å². The van der Waals surface area contributed by atoms with Crippen LogP contribution >= 0.6 is 11.3 Å². The SMILES string of the molecule is CCOC(=O)c1c(NC(=O)NCCc2ccccc2F)sc(C(=O)OC(C)(C)C)c1C. The summed E-state index contributed by atoms with van der Waals surface area (Å²) in [6, 6.07) is 5.73. The first-order chi connectivity index (χ1) is 14.5. The van der Waals surface area contributed by atoms with Crippen molar-refractivity contribution in [3.8, 4) is 0 Å². The van der Waals surface area contributed by atoms with E-state index in [-0.39, 0.29) is 34.4 Å². The molecule has 2 N–H and O–H groups in total. The number of carbonyl (C=O) groups is 3. The van der Waals surface area contributed by atoms with Crippen LogP contribution in [0.4, 0.5) is 14.2 Å². The van der Waals surface area contributed by atoms with Gasteiger partial charge in [0.05, 0.1) is 12.2 Å². The second-order valence-electron chi connectivity index (χ2n) is 7.70. The summed E-state index contributed by atoms with van der Waals surface area (Å²) in [5, 5.41) is 5.40. The average Bonchev–Trinajstić information content (AvgIpc) is 2.98. The van der Waals surface area contributed by atoms with Gasteiger partial charge in [0, 0.05) is 6.54 Å². The fourth-order valence-electron chi connectivity index (χ4n) is 2.73. The zero-order valence-corrected chi connectivity index (χ0v) is 19.1. The van der Waals surface area contributed by atoms with Crippen LogP contribution in [0.1, 0.15) is 58.9 Å². The molecule has 2 aromatic rings. The second kappa shape index (κ2) is 10.4. The largest absolute Gasteiger partial charge is 0.462 e. The number of rotatable bonds is 7. The molecule has 0 saturated carbocycles. The van der Waals surface area contributed by atoms with Gasteiger partial charge in [0.1, 0.15) is 21.3 Å². The summed E-state index contributed by atoms with van der Waals surface area (Å²) in [7, 11) is 0. The van der Waals surface area contributed by atoms with Crippen LogP contribution in [-0.4, -0.2) is 36.7 Å². The normalized spacial score (nSPS) is 11.0. The summed E-state index contributed by atoms with van der Waals surface area (Å²) in [4.78, 5) is 37.6. The van der Waals surface area contributed by atoms with E-state index in [1.807, 2.05) is 0 Å². The molecule has 2 amide bonds. The standard InChI is InChI=1S/C22H27FN2O5S/c1-6-29-19(26)16-13(2)17(20(27)30-22(3,4)5)31-18(16)25-21(28)24-12-11-14-9-7-8-10-15(14)23/h7-10H,6,11-12H2,1-5H3,(H2,24,25,28).